The standard InChI is InChI=1S/C14H29N3O2/c1-19-13-5-6-14(18)17-11-9-16(10-12-17)8-4-2-3-7-15/h2-13,15H2,1H3. The van der Waals surface area contributed by atoms with Crippen LogP contribution in [0.15, 0.2) is 0 Å². The second-order valence-corrected chi connectivity index (χ2v) is 5.17. The van der Waals surface area contributed by atoms with Gasteiger partial charge in [0.15, 0.2) is 0 Å². The molecule has 1 saturated heterocycles. The molecule has 1 heterocycles. The van der Waals surface area contributed by atoms with Gasteiger partial charge in [0.1, 0.15) is 0 Å². The molecule has 0 aromatic carbocycles. The molecule has 0 unspecified atom stereocenters. The molecule has 1 fully saturated rings. The average molecular weight is 271 g/mol. The fourth-order valence-electron chi connectivity index (χ4n) is 2.40. The fraction of sp³-hybridized carbons (Fsp3) is 0.929. The molecule has 112 valence electrons. The molecule has 0 aromatic heterocycles. The molecule has 1 aliphatic rings. The SMILES string of the molecule is COCCCC(=O)N1CCN(CCCCCN)CC1. The zero-order chi connectivity index (χ0) is 13.9. The van der Waals surface area contributed by atoms with E-state index in [2.05, 4.69) is 4.90 Å². The summed E-state index contributed by atoms with van der Waals surface area (Å²) in [4.78, 5) is 16.4. The predicted octanol–water partition coefficient (Wildman–Crippen LogP) is 0.686. The van der Waals surface area contributed by atoms with Crippen molar-refractivity contribution >= 4 is 5.91 Å². The first-order valence-corrected chi connectivity index (χ1v) is 7.47. The summed E-state index contributed by atoms with van der Waals surface area (Å²) in [5.41, 5.74) is 5.48. The number of nitrogens with zero attached hydrogens (tertiary/aromatic N) is 2. The maximum absolute atomic E-state index is 11.9. The second-order valence-electron chi connectivity index (χ2n) is 5.17. The van der Waals surface area contributed by atoms with Gasteiger partial charge >= 0.3 is 0 Å². The van der Waals surface area contributed by atoms with Crippen LogP contribution in [-0.2, 0) is 9.53 Å². The highest BCUT2D eigenvalue weighted by Crippen LogP contribution is 2.07. The van der Waals surface area contributed by atoms with E-state index >= 15 is 0 Å². The van der Waals surface area contributed by atoms with E-state index in [0.29, 0.717) is 13.0 Å². The van der Waals surface area contributed by atoms with Crippen molar-refractivity contribution in [1.29, 1.82) is 0 Å². The summed E-state index contributed by atoms with van der Waals surface area (Å²) in [6.45, 7) is 6.39. The molecule has 1 aliphatic heterocycles. The number of hydrogen-bond donors (Lipinski definition) is 1. The van der Waals surface area contributed by atoms with Gasteiger partial charge < -0.3 is 15.4 Å². The molecule has 2 N–H and O–H groups in total. The molecule has 0 spiro atoms. The van der Waals surface area contributed by atoms with Crippen LogP contribution in [0.1, 0.15) is 32.1 Å². The van der Waals surface area contributed by atoms with Gasteiger partial charge in [0.25, 0.3) is 0 Å². The van der Waals surface area contributed by atoms with Gasteiger partial charge in [-0.05, 0) is 32.4 Å². The lowest BCUT2D eigenvalue weighted by atomic mass is 10.2. The molecule has 0 aliphatic carbocycles. The molecule has 0 atom stereocenters. The zero-order valence-corrected chi connectivity index (χ0v) is 12.3. The minimum atomic E-state index is 0.278. The number of ether oxygens (including phenoxy) is 1. The van der Waals surface area contributed by atoms with Gasteiger partial charge in [-0.3, -0.25) is 9.69 Å². The van der Waals surface area contributed by atoms with Crippen molar-refractivity contribution in [3.8, 4) is 0 Å². The van der Waals surface area contributed by atoms with Crippen LogP contribution in [0.3, 0.4) is 0 Å². The number of methoxy groups -OCH3 is 1. The Balaban J connectivity index is 2.09. The minimum absolute atomic E-state index is 0.278. The zero-order valence-electron chi connectivity index (χ0n) is 12.3. The smallest absolute Gasteiger partial charge is 0.222 e. The molecule has 0 radical (unpaired) electrons. The first kappa shape index (κ1) is 16.4. The first-order valence-electron chi connectivity index (χ1n) is 7.47. The number of carbonyl (C=O) groups is 1. The topological polar surface area (TPSA) is 58.8 Å². The number of carbonyl (C=O) groups excluding carboxylic acids is 1. The Labute approximate surface area is 117 Å². The second kappa shape index (κ2) is 10.2. The number of unbranched alkanes of at least 4 members (excludes halogenated alkanes) is 2. The van der Waals surface area contributed by atoms with Gasteiger partial charge in [-0.15, -0.1) is 0 Å². The van der Waals surface area contributed by atoms with Crippen molar-refractivity contribution in [1.82, 2.24) is 9.80 Å². The highest BCUT2D eigenvalue weighted by molar-refractivity contribution is 5.76. The molecule has 5 nitrogen and oxygen atoms in total. The van der Waals surface area contributed by atoms with Crippen LogP contribution in [-0.4, -0.2) is 68.7 Å². The molecule has 0 bridgehead atoms. The van der Waals surface area contributed by atoms with E-state index in [1.165, 1.54) is 12.8 Å². The van der Waals surface area contributed by atoms with Gasteiger partial charge in [-0.2, -0.15) is 0 Å². The van der Waals surface area contributed by atoms with Crippen LogP contribution in [0, 0.1) is 0 Å². The van der Waals surface area contributed by atoms with Crippen molar-refractivity contribution in [3.05, 3.63) is 0 Å². The van der Waals surface area contributed by atoms with Crippen LogP contribution < -0.4 is 5.73 Å². The summed E-state index contributed by atoms with van der Waals surface area (Å²) < 4.78 is 4.97. The van der Waals surface area contributed by atoms with Crippen molar-refractivity contribution in [2.75, 3.05) is 53.0 Å². The van der Waals surface area contributed by atoms with E-state index in [1.807, 2.05) is 4.90 Å². The average Bonchev–Trinajstić information content (AvgIpc) is 2.44. The van der Waals surface area contributed by atoms with Gasteiger partial charge in [-0.1, -0.05) is 6.42 Å². The van der Waals surface area contributed by atoms with E-state index < -0.39 is 0 Å². The van der Waals surface area contributed by atoms with Crippen LogP contribution in [0.25, 0.3) is 0 Å². The Kier molecular flexibility index (Phi) is 8.79. The fourth-order valence-corrected chi connectivity index (χ4v) is 2.40. The summed E-state index contributed by atoms with van der Waals surface area (Å²) in [5.74, 6) is 0.278. The third-order valence-electron chi connectivity index (χ3n) is 3.64. The molecule has 5 heteroatoms. The van der Waals surface area contributed by atoms with Crippen LogP contribution in [0.2, 0.25) is 0 Å². The minimum Gasteiger partial charge on any atom is -0.385 e. The van der Waals surface area contributed by atoms with Gasteiger partial charge in [-0.25, -0.2) is 0 Å². The number of amides is 1. The number of hydrogen-bond acceptors (Lipinski definition) is 4. The van der Waals surface area contributed by atoms with Crippen LogP contribution in [0.5, 0.6) is 0 Å². The van der Waals surface area contributed by atoms with E-state index in [4.69, 9.17) is 10.5 Å². The quantitative estimate of drug-likeness (QED) is 0.627. The number of nitrogens with two attached hydrogens (primary N) is 1. The Morgan fingerprint density at radius 1 is 1.11 bits per heavy atom. The maximum atomic E-state index is 11.9. The first-order chi connectivity index (χ1) is 9.27. The molecular weight excluding hydrogens is 242 g/mol. The molecule has 0 aromatic rings. The molecule has 1 amide bonds. The Hall–Kier alpha value is -0.650. The number of piperazine rings is 1. The monoisotopic (exact) mass is 271 g/mol. The summed E-state index contributed by atoms with van der Waals surface area (Å²) in [5, 5.41) is 0. The van der Waals surface area contributed by atoms with Gasteiger partial charge in [0.05, 0.1) is 0 Å². The van der Waals surface area contributed by atoms with Crippen molar-refractivity contribution in [3.63, 3.8) is 0 Å². The van der Waals surface area contributed by atoms with Crippen molar-refractivity contribution in [2.24, 2.45) is 5.73 Å². The molecular formula is C14H29N3O2. The lowest BCUT2D eigenvalue weighted by Crippen LogP contribution is -2.48. The molecule has 19 heavy (non-hydrogen) atoms. The lowest BCUT2D eigenvalue weighted by Gasteiger charge is -2.34. The van der Waals surface area contributed by atoms with Crippen LogP contribution >= 0.6 is 0 Å². The Bertz CT molecular complexity index is 241. The van der Waals surface area contributed by atoms with Crippen LogP contribution in [0.4, 0.5) is 0 Å². The third-order valence-corrected chi connectivity index (χ3v) is 3.64. The lowest BCUT2D eigenvalue weighted by molar-refractivity contribution is -0.133. The summed E-state index contributed by atoms with van der Waals surface area (Å²) in [6, 6.07) is 0. The highest BCUT2D eigenvalue weighted by atomic mass is 16.5. The Morgan fingerprint density at radius 2 is 1.84 bits per heavy atom. The number of rotatable bonds is 9. The summed E-state index contributed by atoms with van der Waals surface area (Å²) >= 11 is 0. The molecule has 0 saturated carbocycles. The van der Waals surface area contributed by atoms with E-state index in [9.17, 15) is 4.79 Å². The third kappa shape index (κ3) is 6.89. The summed E-state index contributed by atoms with van der Waals surface area (Å²) in [7, 11) is 1.67. The highest BCUT2D eigenvalue weighted by Gasteiger charge is 2.19. The van der Waals surface area contributed by atoms with E-state index in [0.717, 1.165) is 52.1 Å². The molecule has 1 rings (SSSR count). The predicted molar refractivity (Wildman–Crippen MR) is 77.0 cm³/mol. The van der Waals surface area contributed by atoms with Gasteiger partial charge in [0, 0.05) is 46.3 Å². The van der Waals surface area contributed by atoms with Crippen molar-refractivity contribution in [2.45, 2.75) is 32.1 Å². The summed E-state index contributed by atoms with van der Waals surface area (Å²) in [6.07, 6.45) is 5.00. The maximum Gasteiger partial charge on any atom is 0.222 e. The Morgan fingerprint density at radius 3 is 2.47 bits per heavy atom. The largest absolute Gasteiger partial charge is 0.385 e. The van der Waals surface area contributed by atoms with Gasteiger partial charge in [0.2, 0.25) is 5.91 Å². The normalized spacial score (nSPS) is 16.8. The van der Waals surface area contributed by atoms with E-state index in [-0.39, 0.29) is 5.91 Å². The van der Waals surface area contributed by atoms with Crippen molar-refractivity contribution < 1.29 is 9.53 Å². The van der Waals surface area contributed by atoms with E-state index in [1.54, 1.807) is 7.11 Å².